The number of pyridine rings is 1. The molecule has 3 heteroatoms. The van der Waals surface area contributed by atoms with E-state index in [1.165, 1.54) is 4.57 Å². The van der Waals surface area contributed by atoms with Gasteiger partial charge < -0.3 is 0 Å². The maximum atomic E-state index is 9.84. The van der Waals surface area contributed by atoms with Crippen molar-refractivity contribution in [2.45, 2.75) is 0 Å². The topological polar surface area (TPSA) is 20.9 Å². The van der Waals surface area contributed by atoms with E-state index in [9.17, 15) is 4.79 Å². The quantitative estimate of drug-likeness (QED) is 0.523. The Balaban J connectivity index is 0.000000640. The van der Waals surface area contributed by atoms with Gasteiger partial charge in [-0.05, 0) is 0 Å². The van der Waals surface area contributed by atoms with Crippen LogP contribution in [-0.2, 0) is 24.9 Å². The molecule has 1 aromatic heterocycles. The van der Waals surface area contributed by atoms with Crippen molar-refractivity contribution in [2.75, 3.05) is 0 Å². The average molecular weight is 299 g/mol. The first kappa shape index (κ1) is 8.47. The van der Waals surface area contributed by atoms with E-state index >= 15 is 0 Å². The molecule has 0 saturated carbocycles. The van der Waals surface area contributed by atoms with Gasteiger partial charge in [0.25, 0.3) is 0 Å². The second kappa shape index (κ2) is 4.36. The Labute approximate surface area is 66.9 Å². The second-order valence-corrected chi connectivity index (χ2v) is 1.37. The fourth-order valence-electron chi connectivity index (χ4n) is 0.460. The predicted octanol–water partition coefficient (Wildman–Crippen LogP) is -0.113. The predicted molar refractivity (Wildman–Crippen MR) is 27.7 cm³/mol. The van der Waals surface area contributed by atoms with Gasteiger partial charge in [-0.2, -0.15) is 0 Å². The third kappa shape index (κ3) is 2.49. The van der Waals surface area contributed by atoms with Crippen LogP contribution < -0.4 is 4.57 Å². The normalized spacial score (nSPS) is 7.56. The van der Waals surface area contributed by atoms with Crippen LogP contribution in [0.5, 0.6) is 0 Å². The summed E-state index contributed by atoms with van der Waals surface area (Å²) in [5.41, 5.74) is 0. The Kier molecular flexibility index (Phi) is 4.10. The van der Waals surface area contributed by atoms with E-state index in [0.29, 0.717) is 0 Å². The summed E-state index contributed by atoms with van der Waals surface area (Å²) in [6.45, 7) is 0. The van der Waals surface area contributed by atoms with Crippen molar-refractivity contribution in [2.24, 2.45) is 0 Å². The van der Waals surface area contributed by atoms with Crippen molar-refractivity contribution in [1.29, 1.82) is 0 Å². The molecule has 0 aliphatic rings. The summed E-state index contributed by atoms with van der Waals surface area (Å²) in [6.07, 6.45) is 4.96. The molecule has 1 heterocycles. The van der Waals surface area contributed by atoms with Crippen molar-refractivity contribution < 1.29 is 29.5 Å². The van der Waals surface area contributed by atoms with Crippen LogP contribution in [0.4, 0.5) is 0 Å². The van der Waals surface area contributed by atoms with Crippen LogP contribution in [0.2, 0.25) is 0 Å². The first-order chi connectivity index (χ1) is 3.93. The van der Waals surface area contributed by atoms with Gasteiger partial charge in [-0.25, -0.2) is 0 Å². The molecule has 49 valence electrons. The van der Waals surface area contributed by atoms with Crippen LogP contribution in [0, 0.1) is 0 Å². The van der Waals surface area contributed by atoms with E-state index in [2.05, 4.69) is 0 Å². The molecular formula is C6H5IrNO. The molecule has 1 aromatic rings. The van der Waals surface area contributed by atoms with E-state index in [1.54, 1.807) is 30.9 Å². The summed E-state index contributed by atoms with van der Waals surface area (Å²) in [5, 5.41) is 0. The molecule has 2 nitrogen and oxygen atoms in total. The molecule has 0 bridgehead atoms. The minimum Gasteiger partial charge on any atom is -0.295 e. The van der Waals surface area contributed by atoms with Crippen molar-refractivity contribution >= 4 is 6.41 Å². The minimum absolute atomic E-state index is 0. The zero-order chi connectivity index (χ0) is 5.82. The minimum atomic E-state index is 0. The van der Waals surface area contributed by atoms with E-state index in [4.69, 9.17) is 0 Å². The van der Waals surface area contributed by atoms with Crippen molar-refractivity contribution in [3.05, 3.63) is 30.6 Å². The molecule has 0 spiro atoms. The van der Waals surface area contributed by atoms with E-state index < -0.39 is 0 Å². The van der Waals surface area contributed by atoms with Gasteiger partial charge in [0.05, 0.1) is 12.4 Å². The fraction of sp³-hybridized carbons (Fsp3) is 0. The summed E-state index contributed by atoms with van der Waals surface area (Å²) in [4.78, 5) is 9.84. The third-order valence-corrected chi connectivity index (χ3v) is 0.821. The van der Waals surface area contributed by atoms with Crippen LogP contribution >= 0.6 is 0 Å². The van der Waals surface area contributed by atoms with Gasteiger partial charge in [-0.15, -0.1) is 0 Å². The smallest absolute Gasteiger partial charge is 0.295 e. The molecular weight excluding hydrogens is 294 g/mol. The summed E-state index contributed by atoms with van der Waals surface area (Å²) < 4.78 is 1.32. The van der Waals surface area contributed by atoms with E-state index in [0.717, 1.165) is 0 Å². The Morgan fingerprint density at radius 2 is 1.67 bits per heavy atom. The van der Waals surface area contributed by atoms with Crippen LogP contribution in [0.1, 0.15) is 0 Å². The zero-order valence-corrected chi connectivity index (χ0v) is 6.97. The molecule has 0 aliphatic heterocycles. The molecule has 1 rings (SSSR count). The summed E-state index contributed by atoms with van der Waals surface area (Å²) >= 11 is 0. The number of carbonyl (C=O) groups excluding carboxylic acids is 1. The maximum absolute atomic E-state index is 9.84. The molecule has 0 aliphatic carbocycles. The molecule has 0 aromatic carbocycles. The Morgan fingerprint density at radius 1 is 1.11 bits per heavy atom. The first-order valence-corrected chi connectivity index (χ1v) is 2.28. The average Bonchev–Trinajstić information content (AvgIpc) is 1.90. The van der Waals surface area contributed by atoms with Crippen LogP contribution in [0.3, 0.4) is 0 Å². The second-order valence-electron chi connectivity index (χ2n) is 1.37. The summed E-state index contributed by atoms with van der Waals surface area (Å²) in [5.74, 6) is 0. The van der Waals surface area contributed by atoms with Crippen molar-refractivity contribution in [3.8, 4) is 0 Å². The molecule has 0 N–H and O–H groups in total. The van der Waals surface area contributed by atoms with Gasteiger partial charge in [0.15, 0.2) is 0 Å². The summed E-state index contributed by atoms with van der Waals surface area (Å²) in [7, 11) is 0. The van der Waals surface area contributed by atoms with Gasteiger partial charge in [-0.3, -0.25) is 9.36 Å². The fourth-order valence-corrected chi connectivity index (χ4v) is 0.460. The molecule has 0 unspecified atom stereocenters. The number of rotatable bonds is 1. The number of aromatic nitrogens is 1. The van der Waals surface area contributed by atoms with Crippen molar-refractivity contribution in [3.63, 3.8) is 0 Å². The first-order valence-electron chi connectivity index (χ1n) is 2.28. The zero-order valence-electron chi connectivity index (χ0n) is 4.58. The van der Waals surface area contributed by atoms with Gasteiger partial charge in [0.2, 0.25) is 0 Å². The summed E-state index contributed by atoms with van der Waals surface area (Å²) in [6, 6.07) is 5.38. The maximum Gasteiger partial charge on any atom is 0.362 e. The molecule has 0 atom stereocenters. The number of hydrogen-bond acceptors (Lipinski definition) is 1. The van der Waals surface area contributed by atoms with Gasteiger partial charge >= 0.3 is 6.41 Å². The van der Waals surface area contributed by atoms with Gasteiger partial charge in [0, 0.05) is 20.1 Å². The van der Waals surface area contributed by atoms with Crippen molar-refractivity contribution in [1.82, 2.24) is 0 Å². The van der Waals surface area contributed by atoms with Crippen LogP contribution in [0.15, 0.2) is 30.6 Å². The monoisotopic (exact) mass is 300 g/mol. The van der Waals surface area contributed by atoms with Crippen LogP contribution in [0.25, 0.3) is 0 Å². The molecule has 0 saturated heterocycles. The third-order valence-electron chi connectivity index (χ3n) is 0.821. The standard InChI is InChI=1S/C6H5NO.Ir/c8-6-7-4-2-1-3-5-7;/h1-5H;. The van der Waals surface area contributed by atoms with Gasteiger partial charge in [0.1, 0.15) is 0 Å². The van der Waals surface area contributed by atoms with Gasteiger partial charge in [-0.1, -0.05) is 18.2 Å². The van der Waals surface area contributed by atoms with E-state index in [1.807, 2.05) is 6.07 Å². The molecule has 1 radical (unpaired) electrons. The SMILES string of the molecule is O=[C-][n+]1ccccc1.[Ir]. The molecule has 0 fully saturated rings. The van der Waals surface area contributed by atoms with E-state index in [-0.39, 0.29) is 20.1 Å². The molecule has 9 heavy (non-hydrogen) atoms. The Morgan fingerprint density at radius 3 is 2.00 bits per heavy atom. The largest absolute Gasteiger partial charge is 0.362 e. The Hall–Kier alpha value is -0.531. The Bertz CT molecular complexity index is 176. The molecule has 0 amide bonds. The number of hydrogen-bond donors (Lipinski definition) is 0. The number of nitrogens with zero attached hydrogens (tertiary/aromatic N) is 1. The van der Waals surface area contributed by atoms with Crippen LogP contribution in [-0.4, -0.2) is 6.41 Å².